The Labute approximate surface area is 123 Å². The van der Waals surface area contributed by atoms with Crippen molar-refractivity contribution >= 4 is 12.0 Å². The van der Waals surface area contributed by atoms with Crippen LogP contribution in [0.25, 0.3) is 6.08 Å². The van der Waals surface area contributed by atoms with Crippen LogP contribution in [0.3, 0.4) is 0 Å². The molecule has 3 rings (SSSR count). The summed E-state index contributed by atoms with van der Waals surface area (Å²) >= 11 is 0. The van der Waals surface area contributed by atoms with Crippen LogP contribution in [-0.4, -0.2) is 21.9 Å². The number of carbonyl (C=O) groups excluding carboxylic acids is 1. The molecule has 1 aliphatic heterocycles. The minimum atomic E-state index is -0.274. The summed E-state index contributed by atoms with van der Waals surface area (Å²) in [6.45, 7) is 3.56. The fourth-order valence-electron chi connectivity index (χ4n) is 2.72. The van der Waals surface area contributed by atoms with Gasteiger partial charge in [0.25, 0.3) is 0 Å². The van der Waals surface area contributed by atoms with Gasteiger partial charge in [-0.25, -0.2) is 4.39 Å². The monoisotopic (exact) mass is 284 g/mol. The molecule has 0 N–H and O–H groups in total. The molecule has 1 aromatic heterocycles. The van der Waals surface area contributed by atoms with Gasteiger partial charge in [-0.1, -0.05) is 12.1 Å². The maximum Gasteiger partial charge on any atom is 0.247 e. The maximum atomic E-state index is 12.8. The lowest BCUT2D eigenvalue weighted by atomic mass is 10.1. The SMILES string of the molecule is C[C@H]1c2cccn2CCN1C(=O)/C=C\c1ccc(F)cc1. The number of rotatable bonds is 2. The van der Waals surface area contributed by atoms with E-state index in [1.54, 1.807) is 24.3 Å². The first-order valence-electron chi connectivity index (χ1n) is 7.04. The van der Waals surface area contributed by atoms with Crippen molar-refractivity contribution in [1.82, 2.24) is 9.47 Å². The van der Waals surface area contributed by atoms with E-state index in [9.17, 15) is 9.18 Å². The number of halogens is 1. The van der Waals surface area contributed by atoms with Gasteiger partial charge < -0.3 is 9.47 Å². The molecular weight excluding hydrogens is 267 g/mol. The lowest BCUT2D eigenvalue weighted by Crippen LogP contribution is -2.39. The van der Waals surface area contributed by atoms with Gasteiger partial charge in [0.05, 0.1) is 6.04 Å². The van der Waals surface area contributed by atoms with Crippen LogP contribution in [0, 0.1) is 5.82 Å². The number of carbonyl (C=O) groups is 1. The highest BCUT2D eigenvalue weighted by atomic mass is 19.1. The fourth-order valence-corrected chi connectivity index (χ4v) is 2.72. The second-order valence-electron chi connectivity index (χ2n) is 5.22. The molecule has 3 nitrogen and oxygen atoms in total. The highest BCUT2D eigenvalue weighted by Crippen LogP contribution is 2.25. The summed E-state index contributed by atoms with van der Waals surface area (Å²) in [4.78, 5) is 14.2. The molecule has 2 aromatic rings. The second-order valence-corrected chi connectivity index (χ2v) is 5.22. The van der Waals surface area contributed by atoms with Crippen LogP contribution in [0.15, 0.2) is 48.7 Å². The number of aromatic nitrogens is 1. The van der Waals surface area contributed by atoms with Crippen molar-refractivity contribution < 1.29 is 9.18 Å². The number of hydrogen-bond acceptors (Lipinski definition) is 1. The van der Waals surface area contributed by atoms with Gasteiger partial charge in [-0.15, -0.1) is 0 Å². The number of hydrogen-bond donors (Lipinski definition) is 0. The van der Waals surface area contributed by atoms with Crippen LogP contribution in [0.5, 0.6) is 0 Å². The van der Waals surface area contributed by atoms with Gasteiger partial charge in [0.15, 0.2) is 0 Å². The Morgan fingerprint density at radius 2 is 2.00 bits per heavy atom. The van der Waals surface area contributed by atoms with E-state index in [4.69, 9.17) is 0 Å². The summed E-state index contributed by atoms with van der Waals surface area (Å²) in [6.07, 6.45) is 5.33. The minimum absolute atomic E-state index is 0.0146. The summed E-state index contributed by atoms with van der Waals surface area (Å²) in [5.41, 5.74) is 1.97. The van der Waals surface area contributed by atoms with E-state index in [0.29, 0.717) is 6.54 Å². The van der Waals surface area contributed by atoms with Crippen molar-refractivity contribution in [2.45, 2.75) is 19.5 Å². The zero-order valence-corrected chi connectivity index (χ0v) is 11.9. The lowest BCUT2D eigenvalue weighted by molar-refractivity contribution is -0.129. The lowest BCUT2D eigenvalue weighted by Gasteiger charge is -2.34. The molecule has 0 aliphatic carbocycles. The van der Waals surface area contributed by atoms with Gasteiger partial charge in [0.2, 0.25) is 5.91 Å². The third-order valence-electron chi connectivity index (χ3n) is 3.91. The first kappa shape index (κ1) is 13.6. The second kappa shape index (κ2) is 5.56. The predicted octanol–water partition coefficient (Wildman–Crippen LogP) is 3.24. The van der Waals surface area contributed by atoms with E-state index in [1.165, 1.54) is 12.1 Å². The van der Waals surface area contributed by atoms with Gasteiger partial charge >= 0.3 is 0 Å². The quantitative estimate of drug-likeness (QED) is 0.777. The van der Waals surface area contributed by atoms with E-state index < -0.39 is 0 Å². The topological polar surface area (TPSA) is 25.2 Å². The summed E-state index contributed by atoms with van der Waals surface area (Å²) in [7, 11) is 0. The number of amides is 1. The third-order valence-corrected chi connectivity index (χ3v) is 3.91. The van der Waals surface area contributed by atoms with Crippen molar-refractivity contribution in [2.75, 3.05) is 6.54 Å². The van der Waals surface area contributed by atoms with E-state index in [2.05, 4.69) is 4.57 Å². The molecule has 0 saturated carbocycles. The van der Waals surface area contributed by atoms with Crippen LogP contribution < -0.4 is 0 Å². The Bertz CT molecular complexity index is 672. The Kier molecular flexibility index (Phi) is 3.60. The zero-order chi connectivity index (χ0) is 14.8. The number of fused-ring (bicyclic) bond motifs is 1. The zero-order valence-electron chi connectivity index (χ0n) is 11.9. The van der Waals surface area contributed by atoms with Crippen LogP contribution >= 0.6 is 0 Å². The van der Waals surface area contributed by atoms with Gasteiger partial charge in [-0.2, -0.15) is 0 Å². The van der Waals surface area contributed by atoms with Crippen LogP contribution in [-0.2, 0) is 11.3 Å². The molecule has 1 aliphatic rings. The van der Waals surface area contributed by atoms with Crippen LogP contribution in [0.1, 0.15) is 24.2 Å². The molecule has 0 unspecified atom stereocenters. The Morgan fingerprint density at radius 1 is 1.24 bits per heavy atom. The highest BCUT2D eigenvalue weighted by molar-refractivity contribution is 5.92. The molecule has 1 aromatic carbocycles. The number of benzene rings is 1. The molecule has 1 atom stereocenters. The molecule has 0 bridgehead atoms. The Balaban J connectivity index is 1.73. The Morgan fingerprint density at radius 3 is 2.76 bits per heavy atom. The smallest absolute Gasteiger partial charge is 0.247 e. The molecular formula is C17H17FN2O. The van der Waals surface area contributed by atoms with Crippen molar-refractivity contribution in [3.05, 3.63) is 65.7 Å². The standard InChI is InChI=1S/C17H17FN2O/c1-13-16-3-2-10-19(16)11-12-20(13)17(21)9-6-14-4-7-15(18)8-5-14/h2-10,13H,11-12H2,1H3/b9-6-/t13-/m0/s1. The first-order valence-corrected chi connectivity index (χ1v) is 7.04. The summed E-state index contributed by atoms with van der Waals surface area (Å²) in [6, 6.07) is 10.2. The van der Waals surface area contributed by atoms with Crippen molar-refractivity contribution in [3.8, 4) is 0 Å². The summed E-state index contributed by atoms with van der Waals surface area (Å²) in [5.74, 6) is -0.289. The van der Waals surface area contributed by atoms with E-state index in [1.807, 2.05) is 30.2 Å². The fraction of sp³-hybridized carbons (Fsp3) is 0.235. The summed E-state index contributed by atoms with van der Waals surface area (Å²) in [5, 5.41) is 0. The molecule has 0 spiro atoms. The van der Waals surface area contributed by atoms with Crippen molar-refractivity contribution in [2.24, 2.45) is 0 Å². The third kappa shape index (κ3) is 2.75. The van der Waals surface area contributed by atoms with Crippen LogP contribution in [0.4, 0.5) is 4.39 Å². The van der Waals surface area contributed by atoms with E-state index in [-0.39, 0.29) is 17.8 Å². The molecule has 21 heavy (non-hydrogen) atoms. The Hall–Kier alpha value is -2.36. The van der Waals surface area contributed by atoms with E-state index >= 15 is 0 Å². The molecule has 1 amide bonds. The minimum Gasteiger partial charge on any atom is -0.348 e. The average Bonchev–Trinajstić information content (AvgIpc) is 2.96. The molecule has 108 valence electrons. The summed E-state index contributed by atoms with van der Waals surface area (Å²) < 4.78 is 15.0. The maximum absolute atomic E-state index is 12.8. The molecule has 0 saturated heterocycles. The largest absolute Gasteiger partial charge is 0.348 e. The molecule has 0 radical (unpaired) electrons. The molecule has 2 heterocycles. The van der Waals surface area contributed by atoms with Crippen LogP contribution in [0.2, 0.25) is 0 Å². The molecule has 0 fully saturated rings. The number of nitrogens with zero attached hydrogens (tertiary/aromatic N) is 2. The predicted molar refractivity (Wildman–Crippen MR) is 80.0 cm³/mol. The van der Waals surface area contributed by atoms with Crippen molar-refractivity contribution in [1.29, 1.82) is 0 Å². The normalized spacial score (nSPS) is 18.0. The van der Waals surface area contributed by atoms with Gasteiger partial charge in [0, 0.05) is 31.1 Å². The first-order chi connectivity index (χ1) is 10.1. The average molecular weight is 284 g/mol. The highest BCUT2D eigenvalue weighted by Gasteiger charge is 2.25. The van der Waals surface area contributed by atoms with E-state index in [0.717, 1.165) is 17.8 Å². The molecule has 4 heteroatoms. The van der Waals surface area contributed by atoms with Gasteiger partial charge in [0.1, 0.15) is 5.82 Å². The van der Waals surface area contributed by atoms with Crippen molar-refractivity contribution in [3.63, 3.8) is 0 Å². The van der Waals surface area contributed by atoms with Gasteiger partial charge in [-0.05, 0) is 42.8 Å². The van der Waals surface area contributed by atoms with Gasteiger partial charge in [-0.3, -0.25) is 4.79 Å².